The van der Waals surface area contributed by atoms with E-state index in [0.717, 1.165) is 19.6 Å². The van der Waals surface area contributed by atoms with Crippen molar-refractivity contribution in [2.45, 2.75) is 31.4 Å². The number of pyridine rings is 1. The summed E-state index contributed by atoms with van der Waals surface area (Å²) in [4.78, 5) is 6.77. The highest BCUT2D eigenvalue weighted by Crippen LogP contribution is 2.51. The Morgan fingerprint density at radius 3 is 2.52 bits per heavy atom. The second kappa shape index (κ2) is 7.06. The molecule has 0 amide bonds. The Labute approximate surface area is 155 Å². The van der Waals surface area contributed by atoms with E-state index in [1.54, 1.807) is 0 Å². The van der Waals surface area contributed by atoms with Crippen molar-refractivity contribution in [3.63, 3.8) is 0 Å². The van der Waals surface area contributed by atoms with Crippen LogP contribution in [0.2, 0.25) is 5.15 Å². The summed E-state index contributed by atoms with van der Waals surface area (Å²) in [5, 5.41) is 0.554. The Morgan fingerprint density at radius 2 is 1.88 bits per heavy atom. The predicted molar refractivity (Wildman–Crippen MR) is 100 cm³/mol. The van der Waals surface area contributed by atoms with Crippen LogP contribution in [0.4, 0.5) is 0 Å². The number of methoxy groups -OCH3 is 1. The lowest BCUT2D eigenvalue weighted by Gasteiger charge is -2.55. The highest BCUT2D eigenvalue weighted by molar-refractivity contribution is 6.29. The number of benzene rings is 1. The minimum Gasteiger partial charge on any atom is -0.373 e. The van der Waals surface area contributed by atoms with Gasteiger partial charge in [-0.15, -0.1) is 0 Å². The van der Waals surface area contributed by atoms with Crippen LogP contribution in [0, 0.1) is 11.8 Å². The van der Waals surface area contributed by atoms with Gasteiger partial charge in [0.15, 0.2) is 0 Å². The molecule has 2 aliphatic rings. The van der Waals surface area contributed by atoms with E-state index in [4.69, 9.17) is 16.3 Å². The van der Waals surface area contributed by atoms with Gasteiger partial charge in [-0.25, -0.2) is 4.98 Å². The van der Waals surface area contributed by atoms with E-state index in [9.17, 15) is 0 Å². The van der Waals surface area contributed by atoms with Crippen LogP contribution in [0.15, 0.2) is 48.7 Å². The normalized spacial score (nSPS) is 29.5. The van der Waals surface area contributed by atoms with Crippen molar-refractivity contribution in [1.29, 1.82) is 0 Å². The van der Waals surface area contributed by atoms with Gasteiger partial charge >= 0.3 is 0 Å². The summed E-state index contributed by atoms with van der Waals surface area (Å²) < 4.78 is 6.27. The number of piperidine rings is 1. The molecule has 2 fully saturated rings. The molecule has 2 atom stereocenters. The predicted octanol–water partition coefficient (Wildman–Crippen LogP) is 4.51. The molecule has 0 N–H and O–H groups in total. The molecule has 3 nitrogen and oxygen atoms in total. The number of hydrogen-bond acceptors (Lipinski definition) is 3. The SMILES string of the molecule is COC1(c2ccnc(Cl)c2)C2CCCC1CN(Cc1ccccc1)C2. The minimum absolute atomic E-state index is 0.224. The lowest BCUT2D eigenvalue weighted by Crippen LogP contribution is -2.58. The molecule has 1 aromatic carbocycles. The summed E-state index contributed by atoms with van der Waals surface area (Å²) in [6.07, 6.45) is 5.51. The summed E-state index contributed by atoms with van der Waals surface area (Å²) in [5.74, 6) is 0.986. The molecule has 4 heteroatoms. The molecule has 1 aromatic heterocycles. The van der Waals surface area contributed by atoms with Crippen LogP contribution < -0.4 is 0 Å². The van der Waals surface area contributed by atoms with Gasteiger partial charge in [-0.1, -0.05) is 48.4 Å². The number of ether oxygens (including phenoxy) is 1. The molecule has 1 aliphatic carbocycles. The van der Waals surface area contributed by atoms with E-state index in [0.29, 0.717) is 17.0 Å². The van der Waals surface area contributed by atoms with Gasteiger partial charge in [0.2, 0.25) is 0 Å². The van der Waals surface area contributed by atoms with Gasteiger partial charge in [0.25, 0.3) is 0 Å². The number of fused-ring (bicyclic) bond motifs is 2. The Morgan fingerprint density at radius 1 is 1.16 bits per heavy atom. The summed E-state index contributed by atoms with van der Waals surface area (Å²) in [7, 11) is 1.87. The fraction of sp³-hybridized carbons (Fsp3) is 0.476. The van der Waals surface area contributed by atoms with Crippen LogP contribution in [0.1, 0.15) is 30.4 Å². The topological polar surface area (TPSA) is 25.4 Å². The molecule has 2 bridgehead atoms. The first-order chi connectivity index (χ1) is 12.2. The molecule has 0 radical (unpaired) electrons. The second-order valence-corrected chi connectivity index (χ2v) is 7.76. The number of nitrogens with zero attached hydrogens (tertiary/aromatic N) is 2. The Hall–Kier alpha value is -1.42. The Bertz CT molecular complexity index is 707. The van der Waals surface area contributed by atoms with Gasteiger partial charge in [-0.3, -0.25) is 4.90 Å². The molecule has 1 aliphatic heterocycles. The van der Waals surface area contributed by atoms with E-state index in [2.05, 4.69) is 46.3 Å². The van der Waals surface area contributed by atoms with Crippen molar-refractivity contribution < 1.29 is 4.74 Å². The van der Waals surface area contributed by atoms with Crippen molar-refractivity contribution in [3.05, 3.63) is 64.9 Å². The molecule has 4 rings (SSSR count). The highest BCUT2D eigenvalue weighted by Gasteiger charge is 2.53. The summed E-state index contributed by atoms with van der Waals surface area (Å²) >= 11 is 6.20. The number of hydrogen-bond donors (Lipinski definition) is 0. The first-order valence-corrected chi connectivity index (χ1v) is 9.53. The molecule has 132 valence electrons. The van der Waals surface area contributed by atoms with Gasteiger partial charge in [0.05, 0.1) is 0 Å². The zero-order valence-corrected chi connectivity index (χ0v) is 15.5. The van der Waals surface area contributed by atoms with Crippen molar-refractivity contribution in [1.82, 2.24) is 9.88 Å². The standard InChI is InChI=1S/C21H25ClN2O/c1-25-21(17-10-11-23-20(22)12-17)18-8-5-9-19(21)15-24(14-18)13-16-6-3-2-4-7-16/h2-4,6-7,10-12,18-19H,5,8-9,13-15H2,1H3. The fourth-order valence-corrected chi connectivity index (χ4v) is 5.24. The first-order valence-electron chi connectivity index (χ1n) is 9.16. The molecular weight excluding hydrogens is 332 g/mol. The maximum atomic E-state index is 6.27. The fourth-order valence-electron chi connectivity index (χ4n) is 5.06. The average molecular weight is 357 g/mol. The largest absolute Gasteiger partial charge is 0.373 e. The van der Waals surface area contributed by atoms with Crippen LogP contribution in [0.3, 0.4) is 0 Å². The van der Waals surface area contributed by atoms with Crippen molar-refractivity contribution in [2.75, 3.05) is 20.2 Å². The molecular formula is C21H25ClN2O. The monoisotopic (exact) mass is 356 g/mol. The summed E-state index contributed by atoms with van der Waals surface area (Å²) in [5.41, 5.74) is 2.36. The number of aromatic nitrogens is 1. The van der Waals surface area contributed by atoms with Gasteiger partial charge in [0.1, 0.15) is 10.8 Å². The zero-order valence-electron chi connectivity index (χ0n) is 14.7. The molecule has 2 unspecified atom stereocenters. The van der Waals surface area contributed by atoms with E-state index in [-0.39, 0.29) is 5.60 Å². The second-order valence-electron chi connectivity index (χ2n) is 7.37. The lowest BCUT2D eigenvalue weighted by atomic mass is 9.62. The van der Waals surface area contributed by atoms with E-state index in [1.165, 1.54) is 30.4 Å². The van der Waals surface area contributed by atoms with E-state index < -0.39 is 0 Å². The van der Waals surface area contributed by atoms with E-state index in [1.807, 2.05) is 19.4 Å². The van der Waals surface area contributed by atoms with Gasteiger partial charge in [-0.05, 0) is 36.1 Å². The summed E-state index contributed by atoms with van der Waals surface area (Å²) in [6.45, 7) is 3.16. The van der Waals surface area contributed by atoms with Crippen molar-refractivity contribution in [2.24, 2.45) is 11.8 Å². The maximum Gasteiger partial charge on any atom is 0.129 e. The highest BCUT2D eigenvalue weighted by atomic mass is 35.5. The zero-order chi connectivity index (χ0) is 17.3. The Kier molecular flexibility index (Phi) is 4.81. The summed E-state index contributed by atoms with van der Waals surface area (Å²) in [6, 6.07) is 14.9. The third-order valence-corrected chi connectivity index (χ3v) is 6.25. The van der Waals surface area contributed by atoms with Gasteiger partial charge in [0, 0.05) is 44.8 Å². The van der Waals surface area contributed by atoms with Crippen LogP contribution in [0.5, 0.6) is 0 Å². The first kappa shape index (κ1) is 17.0. The molecule has 25 heavy (non-hydrogen) atoms. The number of rotatable bonds is 4. The number of likely N-dealkylation sites (tertiary alicyclic amines) is 1. The molecule has 2 aromatic rings. The van der Waals surface area contributed by atoms with Gasteiger partial charge in [-0.2, -0.15) is 0 Å². The third-order valence-electron chi connectivity index (χ3n) is 6.04. The van der Waals surface area contributed by atoms with Crippen LogP contribution in [-0.2, 0) is 16.9 Å². The van der Waals surface area contributed by atoms with Crippen LogP contribution in [0.25, 0.3) is 0 Å². The average Bonchev–Trinajstić information content (AvgIpc) is 2.62. The lowest BCUT2D eigenvalue weighted by molar-refractivity contribution is -0.170. The molecule has 1 saturated heterocycles. The van der Waals surface area contributed by atoms with Gasteiger partial charge < -0.3 is 4.74 Å². The quantitative estimate of drug-likeness (QED) is 0.754. The Balaban J connectivity index is 1.63. The number of halogens is 1. The molecule has 2 heterocycles. The minimum atomic E-state index is -0.224. The van der Waals surface area contributed by atoms with Crippen LogP contribution >= 0.6 is 11.6 Å². The molecule has 1 saturated carbocycles. The smallest absolute Gasteiger partial charge is 0.129 e. The molecule has 0 spiro atoms. The van der Waals surface area contributed by atoms with Crippen molar-refractivity contribution >= 4 is 11.6 Å². The maximum absolute atomic E-state index is 6.27. The third kappa shape index (κ3) is 3.10. The van der Waals surface area contributed by atoms with E-state index >= 15 is 0 Å². The van der Waals surface area contributed by atoms with Crippen LogP contribution in [-0.4, -0.2) is 30.1 Å². The van der Waals surface area contributed by atoms with Crippen molar-refractivity contribution in [3.8, 4) is 0 Å².